The van der Waals surface area contributed by atoms with E-state index in [1.165, 1.54) is 13.0 Å². The fraction of sp³-hybridized carbons (Fsp3) is 0.714. The van der Waals surface area contributed by atoms with Crippen LogP contribution in [0, 0.1) is 0 Å². The highest BCUT2D eigenvalue weighted by atomic mass is 32.2. The van der Waals surface area contributed by atoms with E-state index in [9.17, 15) is 18.0 Å². The van der Waals surface area contributed by atoms with Crippen LogP contribution in [0.5, 0.6) is 0 Å². The van der Waals surface area contributed by atoms with E-state index in [0.29, 0.717) is 32.5 Å². The number of nitrogens with zero attached hydrogens (tertiary/aromatic N) is 1. The summed E-state index contributed by atoms with van der Waals surface area (Å²) in [6, 6.07) is -0.125. The second kappa shape index (κ2) is 8.17. The molecular weight excluding hydrogens is 308 g/mol. The van der Waals surface area contributed by atoms with Crippen LogP contribution in [0.4, 0.5) is 4.79 Å². The number of hydrogen-bond donors (Lipinski definition) is 1. The molecule has 1 aliphatic rings. The van der Waals surface area contributed by atoms with Gasteiger partial charge in [-0.1, -0.05) is 6.08 Å². The van der Waals surface area contributed by atoms with Gasteiger partial charge in [-0.3, -0.25) is 4.79 Å². The van der Waals surface area contributed by atoms with E-state index in [4.69, 9.17) is 4.74 Å². The van der Waals surface area contributed by atoms with E-state index in [2.05, 4.69) is 11.9 Å². The number of hydrogen-bond acceptors (Lipinski definition) is 5. The number of ether oxygens (including phenoxy) is 1. The third-order valence-electron chi connectivity index (χ3n) is 3.63. The Bertz CT molecular complexity index is 509. The summed E-state index contributed by atoms with van der Waals surface area (Å²) in [5.41, 5.74) is 0. The number of nitrogens with one attached hydrogen (secondary N) is 1. The van der Waals surface area contributed by atoms with E-state index >= 15 is 0 Å². The summed E-state index contributed by atoms with van der Waals surface area (Å²) >= 11 is 0. The van der Waals surface area contributed by atoms with E-state index < -0.39 is 21.0 Å². The van der Waals surface area contributed by atoms with Crippen molar-refractivity contribution >= 4 is 21.8 Å². The predicted octanol–water partition coefficient (Wildman–Crippen LogP) is 0.713. The van der Waals surface area contributed by atoms with Gasteiger partial charge < -0.3 is 15.0 Å². The average Bonchev–Trinajstić information content (AvgIpc) is 2.47. The Morgan fingerprint density at radius 3 is 2.50 bits per heavy atom. The van der Waals surface area contributed by atoms with Crippen LogP contribution in [0.1, 0.15) is 26.7 Å². The van der Waals surface area contributed by atoms with Gasteiger partial charge in [0, 0.05) is 19.1 Å². The Kier molecular flexibility index (Phi) is 6.86. The molecule has 126 valence electrons. The molecule has 1 heterocycles. The molecule has 8 heteroatoms. The van der Waals surface area contributed by atoms with Crippen LogP contribution in [-0.4, -0.2) is 62.1 Å². The Balaban J connectivity index is 2.48. The number of likely N-dealkylation sites (tertiary alicyclic amines) is 1. The zero-order valence-corrected chi connectivity index (χ0v) is 13.9. The summed E-state index contributed by atoms with van der Waals surface area (Å²) in [4.78, 5) is 25.2. The molecule has 0 aromatic rings. The number of amides is 2. The maximum atomic E-state index is 12.0. The van der Waals surface area contributed by atoms with Gasteiger partial charge in [0.1, 0.15) is 5.25 Å². The first kappa shape index (κ1) is 18.5. The van der Waals surface area contributed by atoms with Gasteiger partial charge in [0.2, 0.25) is 5.91 Å². The lowest BCUT2D eigenvalue weighted by atomic mass is 10.1. The summed E-state index contributed by atoms with van der Waals surface area (Å²) in [6.07, 6.45) is 2.09. The molecule has 1 aliphatic heterocycles. The quantitative estimate of drug-likeness (QED) is 0.723. The first-order valence-corrected chi connectivity index (χ1v) is 9.08. The summed E-state index contributed by atoms with van der Waals surface area (Å²) in [6.45, 7) is 7.80. The lowest BCUT2D eigenvalue weighted by Crippen LogP contribution is -2.49. The van der Waals surface area contributed by atoms with Gasteiger partial charge >= 0.3 is 6.09 Å². The van der Waals surface area contributed by atoms with Gasteiger partial charge in [0.25, 0.3) is 0 Å². The van der Waals surface area contributed by atoms with Crippen molar-refractivity contribution in [3.63, 3.8) is 0 Å². The van der Waals surface area contributed by atoms with Gasteiger partial charge in [-0.25, -0.2) is 13.2 Å². The van der Waals surface area contributed by atoms with Crippen molar-refractivity contribution in [1.82, 2.24) is 10.2 Å². The standard InChI is InChI=1S/C14H24N2O5S/c1-4-10-22(19,20)11(3)13(17)15-12-6-8-16(9-7-12)14(18)21-5-2/h4,11-12H,1,5-10H2,2-3H3,(H,15,17). The molecule has 22 heavy (non-hydrogen) atoms. The van der Waals surface area contributed by atoms with Crippen LogP contribution >= 0.6 is 0 Å². The highest BCUT2D eigenvalue weighted by Gasteiger charge is 2.30. The average molecular weight is 332 g/mol. The van der Waals surface area contributed by atoms with E-state index in [1.807, 2.05) is 0 Å². The lowest BCUT2D eigenvalue weighted by Gasteiger charge is -2.32. The van der Waals surface area contributed by atoms with E-state index in [-0.39, 0.29) is 17.9 Å². The number of carbonyl (C=O) groups is 2. The zero-order valence-electron chi connectivity index (χ0n) is 13.1. The van der Waals surface area contributed by atoms with Crippen LogP contribution in [0.15, 0.2) is 12.7 Å². The third kappa shape index (κ3) is 5.01. The molecule has 1 rings (SSSR count). The molecule has 0 radical (unpaired) electrons. The minimum Gasteiger partial charge on any atom is -0.450 e. The molecule has 0 aromatic heterocycles. The molecule has 0 aromatic carbocycles. The smallest absolute Gasteiger partial charge is 0.409 e. The topological polar surface area (TPSA) is 92.8 Å². The maximum Gasteiger partial charge on any atom is 0.409 e. The van der Waals surface area contributed by atoms with E-state index in [1.54, 1.807) is 11.8 Å². The normalized spacial score (nSPS) is 17.6. The molecule has 0 saturated carbocycles. The monoisotopic (exact) mass is 332 g/mol. The molecule has 1 fully saturated rings. The van der Waals surface area contributed by atoms with Crippen molar-refractivity contribution in [2.45, 2.75) is 38.0 Å². The second-order valence-electron chi connectivity index (χ2n) is 5.23. The molecular formula is C14H24N2O5S. The van der Waals surface area contributed by atoms with Gasteiger partial charge in [0.15, 0.2) is 9.84 Å². The predicted molar refractivity (Wildman–Crippen MR) is 83.2 cm³/mol. The Morgan fingerprint density at radius 1 is 1.41 bits per heavy atom. The molecule has 1 unspecified atom stereocenters. The lowest BCUT2D eigenvalue weighted by molar-refractivity contribution is -0.121. The summed E-state index contributed by atoms with van der Waals surface area (Å²) < 4.78 is 28.6. The van der Waals surface area contributed by atoms with Gasteiger partial charge in [-0.05, 0) is 26.7 Å². The highest BCUT2D eigenvalue weighted by Crippen LogP contribution is 2.12. The zero-order chi connectivity index (χ0) is 16.8. The van der Waals surface area contributed by atoms with Crippen molar-refractivity contribution in [1.29, 1.82) is 0 Å². The Morgan fingerprint density at radius 2 is 2.00 bits per heavy atom. The van der Waals surface area contributed by atoms with Crippen molar-refractivity contribution in [2.24, 2.45) is 0 Å². The first-order valence-electron chi connectivity index (χ1n) is 7.36. The van der Waals surface area contributed by atoms with Crippen LogP contribution in [0.2, 0.25) is 0 Å². The van der Waals surface area contributed by atoms with Crippen molar-refractivity contribution in [3.8, 4) is 0 Å². The minimum absolute atomic E-state index is 0.125. The molecule has 1 atom stereocenters. The second-order valence-corrected chi connectivity index (χ2v) is 7.60. The summed E-state index contributed by atoms with van der Waals surface area (Å²) in [7, 11) is -3.51. The van der Waals surface area contributed by atoms with E-state index in [0.717, 1.165) is 0 Å². The summed E-state index contributed by atoms with van der Waals surface area (Å²) in [5, 5.41) is 1.64. The minimum atomic E-state index is -3.51. The van der Waals surface area contributed by atoms with Crippen LogP contribution in [0.3, 0.4) is 0 Å². The first-order chi connectivity index (χ1) is 10.3. The third-order valence-corrected chi connectivity index (χ3v) is 5.62. The highest BCUT2D eigenvalue weighted by molar-refractivity contribution is 7.92. The van der Waals surface area contributed by atoms with Crippen LogP contribution < -0.4 is 5.32 Å². The van der Waals surface area contributed by atoms with Crippen molar-refractivity contribution in [2.75, 3.05) is 25.4 Å². The molecule has 0 aliphatic carbocycles. The van der Waals surface area contributed by atoms with Gasteiger partial charge in [-0.15, -0.1) is 6.58 Å². The fourth-order valence-corrected chi connectivity index (χ4v) is 3.22. The number of rotatable bonds is 6. The van der Waals surface area contributed by atoms with Gasteiger partial charge in [0.05, 0.1) is 12.4 Å². The number of sulfone groups is 1. The maximum absolute atomic E-state index is 12.0. The Hall–Kier alpha value is -1.57. The van der Waals surface area contributed by atoms with Crippen LogP contribution in [0.25, 0.3) is 0 Å². The number of carbonyl (C=O) groups excluding carboxylic acids is 2. The molecule has 1 N–H and O–H groups in total. The molecule has 0 spiro atoms. The largest absolute Gasteiger partial charge is 0.450 e. The molecule has 0 bridgehead atoms. The molecule has 1 saturated heterocycles. The number of piperidine rings is 1. The fourth-order valence-electron chi connectivity index (χ4n) is 2.21. The SMILES string of the molecule is C=CCS(=O)(=O)C(C)C(=O)NC1CCN(C(=O)OCC)CC1. The van der Waals surface area contributed by atoms with Crippen molar-refractivity contribution in [3.05, 3.63) is 12.7 Å². The van der Waals surface area contributed by atoms with Crippen molar-refractivity contribution < 1.29 is 22.7 Å². The molecule has 2 amide bonds. The Labute approximate surface area is 131 Å². The molecule has 7 nitrogen and oxygen atoms in total. The van der Waals surface area contributed by atoms with Crippen LogP contribution in [-0.2, 0) is 19.4 Å². The van der Waals surface area contributed by atoms with Gasteiger partial charge in [-0.2, -0.15) is 0 Å². The summed E-state index contributed by atoms with van der Waals surface area (Å²) in [5.74, 6) is -0.723.